The fourth-order valence-electron chi connectivity index (χ4n) is 8.71. The molecule has 5 fully saturated rings. The largest absolute Gasteiger partial charge is 0.396 e. The van der Waals surface area contributed by atoms with Gasteiger partial charge in [-0.1, -0.05) is 19.4 Å². The van der Waals surface area contributed by atoms with E-state index in [9.17, 15) is 15.0 Å². The Balaban J connectivity index is 1.42. The van der Waals surface area contributed by atoms with E-state index in [2.05, 4.69) is 13.8 Å². The quantitative estimate of drug-likeness (QED) is 0.747. The third-order valence-electron chi connectivity index (χ3n) is 10.2. The van der Waals surface area contributed by atoms with E-state index >= 15 is 0 Å². The molecule has 0 aromatic heterocycles. The predicted molar refractivity (Wildman–Crippen MR) is 99.8 cm³/mol. The standard InChI is InChI=1S/C23H32O4/c1-20-7-4-13(25)10-17(20)14-11-15(14)19-16-5-8-22(26,6-3-9-24)21(16,2)12-18-23(19,20)27-18/h10,14-16,18-19,24,26H,3-9,11-12H2,1-2H3/t14-,15+,16+,18-,19+,20+,21+,22+,23-/m1/s1. The van der Waals surface area contributed by atoms with Gasteiger partial charge in [-0.15, -0.1) is 0 Å². The van der Waals surface area contributed by atoms with Crippen LogP contribution in [0.15, 0.2) is 11.6 Å². The number of fused-ring (bicyclic) bond motifs is 6. The number of carbonyl (C=O) groups is 1. The molecule has 0 bridgehead atoms. The van der Waals surface area contributed by atoms with Gasteiger partial charge in [0, 0.05) is 23.9 Å². The van der Waals surface area contributed by atoms with Gasteiger partial charge in [0.25, 0.3) is 0 Å². The van der Waals surface area contributed by atoms with Gasteiger partial charge in [0.2, 0.25) is 0 Å². The zero-order valence-corrected chi connectivity index (χ0v) is 16.5. The van der Waals surface area contributed by atoms with Gasteiger partial charge in [-0.3, -0.25) is 4.79 Å². The molecule has 1 saturated heterocycles. The van der Waals surface area contributed by atoms with Gasteiger partial charge in [0.1, 0.15) is 5.60 Å². The topological polar surface area (TPSA) is 70.1 Å². The molecule has 148 valence electrons. The maximum Gasteiger partial charge on any atom is 0.155 e. The second-order valence-electron chi connectivity index (χ2n) is 11.0. The maximum absolute atomic E-state index is 12.2. The van der Waals surface area contributed by atoms with Crippen molar-refractivity contribution >= 4 is 5.78 Å². The smallest absolute Gasteiger partial charge is 0.155 e. The molecule has 4 saturated carbocycles. The number of ether oxygens (including phenoxy) is 1. The van der Waals surface area contributed by atoms with Crippen molar-refractivity contribution in [2.24, 2.45) is 34.5 Å². The number of epoxide rings is 1. The van der Waals surface area contributed by atoms with Crippen molar-refractivity contribution in [2.45, 2.75) is 82.5 Å². The van der Waals surface area contributed by atoms with E-state index in [4.69, 9.17) is 4.74 Å². The van der Waals surface area contributed by atoms with Crippen molar-refractivity contribution in [3.8, 4) is 0 Å². The first-order chi connectivity index (χ1) is 12.8. The summed E-state index contributed by atoms with van der Waals surface area (Å²) in [5.41, 5.74) is 0.569. The van der Waals surface area contributed by atoms with Crippen LogP contribution in [-0.4, -0.2) is 39.9 Å². The van der Waals surface area contributed by atoms with E-state index in [0.717, 1.165) is 25.7 Å². The number of hydrogen-bond acceptors (Lipinski definition) is 4. The Kier molecular flexibility index (Phi) is 3.10. The summed E-state index contributed by atoms with van der Waals surface area (Å²) in [7, 11) is 0. The summed E-state index contributed by atoms with van der Waals surface area (Å²) in [6.45, 7) is 4.84. The average Bonchev–Trinajstić information content (AvgIpc) is 3.52. The first kappa shape index (κ1) is 17.2. The van der Waals surface area contributed by atoms with Crippen LogP contribution in [0.4, 0.5) is 0 Å². The minimum absolute atomic E-state index is 0.0149. The van der Waals surface area contributed by atoms with Crippen molar-refractivity contribution in [1.29, 1.82) is 0 Å². The molecule has 1 heterocycles. The normalized spacial score (nSPS) is 59.8. The van der Waals surface area contributed by atoms with Crippen molar-refractivity contribution in [3.05, 3.63) is 11.6 Å². The molecule has 0 aromatic rings. The first-order valence-corrected chi connectivity index (χ1v) is 11.1. The molecule has 0 unspecified atom stereocenters. The molecule has 9 atom stereocenters. The van der Waals surface area contributed by atoms with Gasteiger partial charge < -0.3 is 14.9 Å². The minimum Gasteiger partial charge on any atom is -0.396 e. The van der Waals surface area contributed by atoms with Crippen LogP contribution >= 0.6 is 0 Å². The van der Waals surface area contributed by atoms with Crippen LogP contribution in [0.5, 0.6) is 0 Å². The van der Waals surface area contributed by atoms with E-state index in [1.54, 1.807) is 0 Å². The Labute approximate surface area is 161 Å². The monoisotopic (exact) mass is 372 g/mol. The fraction of sp³-hybridized carbons (Fsp3) is 0.870. The van der Waals surface area contributed by atoms with Gasteiger partial charge in [0.05, 0.1) is 11.7 Å². The third-order valence-corrected chi connectivity index (χ3v) is 10.2. The lowest BCUT2D eigenvalue weighted by atomic mass is 9.46. The van der Waals surface area contributed by atoms with Crippen LogP contribution in [0.2, 0.25) is 0 Å². The Morgan fingerprint density at radius 1 is 1.30 bits per heavy atom. The number of hydrogen-bond donors (Lipinski definition) is 2. The molecule has 4 heteroatoms. The third kappa shape index (κ3) is 1.76. The highest BCUT2D eigenvalue weighted by atomic mass is 16.6. The highest BCUT2D eigenvalue weighted by Gasteiger charge is 2.84. The maximum atomic E-state index is 12.2. The van der Waals surface area contributed by atoms with Crippen molar-refractivity contribution in [2.75, 3.05) is 6.61 Å². The number of carbonyl (C=O) groups excluding carboxylic acids is 1. The average molecular weight is 373 g/mol. The number of rotatable bonds is 3. The molecule has 0 amide bonds. The van der Waals surface area contributed by atoms with Crippen LogP contribution in [0.25, 0.3) is 0 Å². The summed E-state index contributed by atoms with van der Waals surface area (Å²) in [6, 6.07) is 0. The summed E-state index contributed by atoms with van der Waals surface area (Å²) in [6.07, 6.45) is 9.27. The molecule has 5 aliphatic carbocycles. The van der Waals surface area contributed by atoms with Gasteiger partial charge in [-0.2, -0.15) is 0 Å². The lowest BCUT2D eigenvalue weighted by molar-refractivity contribution is -0.123. The van der Waals surface area contributed by atoms with Gasteiger partial charge in [0.15, 0.2) is 5.78 Å². The van der Waals surface area contributed by atoms with E-state index in [-0.39, 0.29) is 29.1 Å². The van der Waals surface area contributed by atoms with Gasteiger partial charge in [-0.05, 0) is 74.7 Å². The van der Waals surface area contributed by atoms with E-state index in [0.29, 0.717) is 48.7 Å². The molecule has 1 spiro atoms. The van der Waals surface area contributed by atoms with Crippen molar-refractivity contribution < 1.29 is 19.7 Å². The highest BCUT2D eigenvalue weighted by Crippen LogP contribution is 2.82. The van der Waals surface area contributed by atoms with Gasteiger partial charge in [-0.25, -0.2) is 0 Å². The second kappa shape index (κ2) is 4.88. The number of aliphatic hydroxyl groups excluding tert-OH is 1. The zero-order valence-electron chi connectivity index (χ0n) is 16.5. The summed E-state index contributed by atoms with van der Waals surface area (Å²) < 4.78 is 6.66. The Bertz CT molecular complexity index is 759. The summed E-state index contributed by atoms with van der Waals surface area (Å²) in [4.78, 5) is 12.2. The van der Waals surface area contributed by atoms with Crippen molar-refractivity contribution in [3.63, 3.8) is 0 Å². The van der Waals surface area contributed by atoms with E-state index in [1.165, 1.54) is 12.0 Å². The van der Waals surface area contributed by atoms with Crippen LogP contribution in [0, 0.1) is 34.5 Å². The molecule has 0 aromatic carbocycles. The number of aliphatic hydroxyl groups is 2. The Morgan fingerprint density at radius 3 is 2.89 bits per heavy atom. The molecule has 27 heavy (non-hydrogen) atoms. The van der Waals surface area contributed by atoms with E-state index in [1.807, 2.05) is 6.08 Å². The van der Waals surface area contributed by atoms with Crippen LogP contribution in [-0.2, 0) is 9.53 Å². The summed E-state index contributed by atoms with van der Waals surface area (Å²) in [5, 5.41) is 20.9. The minimum atomic E-state index is -0.664. The lowest BCUT2D eigenvalue weighted by Gasteiger charge is -2.56. The summed E-state index contributed by atoms with van der Waals surface area (Å²) >= 11 is 0. The van der Waals surface area contributed by atoms with Gasteiger partial charge >= 0.3 is 0 Å². The predicted octanol–water partition coefficient (Wildman–Crippen LogP) is 3.01. The molecule has 0 radical (unpaired) electrons. The SMILES string of the molecule is C[C@]12CCC(=O)C=C1[C@@H]1C[C@@H]1[C@H]1[C@@H]3CC[C@@](O)(CCCO)[C@@]3(C)C[C@H]3O[C@@]132. The van der Waals surface area contributed by atoms with Crippen molar-refractivity contribution in [1.82, 2.24) is 0 Å². The molecule has 6 aliphatic rings. The highest BCUT2D eigenvalue weighted by molar-refractivity contribution is 5.92. The zero-order chi connectivity index (χ0) is 18.8. The molecule has 2 N–H and O–H groups in total. The van der Waals surface area contributed by atoms with Crippen LogP contribution in [0.3, 0.4) is 0 Å². The molecule has 6 rings (SSSR count). The van der Waals surface area contributed by atoms with Crippen LogP contribution < -0.4 is 0 Å². The van der Waals surface area contributed by atoms with Crippen LogP contribution in [0.1, 0.15) is 65.2 Å². The first-order valence-electron chi connectivity index (χ1n) is 11.1. The second-order valence-corrected chi connectivity index (χ2v) is 11.0. The summed E-state index contributed by atoms with van der Waals surface area (Å²) in [5.74, 6) is 2.56. The fourth-order valence-corrected chi connectivity index (χ4v) is 8.71. The molecule has 1 aliphatic heterocycles. The number of ketones is 1. The molecular formula is C23H32O4. The Hall–Kier alpha value is -0.710. The molecule has 4 nitrogen and oxygen atoms in total. The van der Waals surface area contributed by atoms with E-state index < -0.39 is 5.60 Å². The lowest BCUT2D eigenvalue weighted by Crippen LogP contribution is -2.60. The Morgan fingerprint density at radius 2 is 2.11 bits per heavy atom. The molecular weight excluding hydrogens is 340 g/mol.